The van der Waals surface area contributed by atoms with Crippen LogP contribution in [0.15, 0.2) is 24.5 Å². The molecule has 2 aliphatic rings. The van der Waals surface area contributed by atoms with E-state index in [2.05, 4.69) is 25.5 Å². The molecule has 2 aliphatic heterocycles. The Kier molecular flexibility index (Phi) is 7.96. The Morgan fingerprint density at radius 3 is 2.69 bits per heavy atom. The molecule has 4 rings (SSSR count). The number of carbonyl (C=O) groups excluding carboxylic acids is 2. The van der Waals surface area contributed by atoms with Crippen LogP contribution in [0.1, 0.15) is 19.3 Å². The van der Waals surface area contributed by atoms with E-state index in [9.17, 15) is 18.4 Å². The highest BCUT2D eigenvalue weighted by atomic mass is 32.1. The van der Waals surface area contributed by atoms with E-state index in [0.29, 0.717) is 29.4 Å². The minimum Gasteiger partial charge on any atom is -0.446 e. The molecule has 2 atom stereocenters. The summed E-state index contributed by atoms with van der Waals surface area (Å²) in [6, 6.07) is 2.03. The monoisotopic (exact) mass is 509 g/mol. The number of hydrogen-bond donors (Lipinski definition) is 2. The Labute approximate surface area is 206 Å². The number of nitrogens with one attached hydrogen (secondary N) is 2. The van der Waals surface area contributed by atoms with E-state index in [0.717, 1.165) is 32.1 Å². The lowest BCUT2D eigenvalue weighted by Crippen LogP contribution is -2.55. The summed E-state index contributed by atoms with van der Waals surface area (Å²) < 4.78 is 33.5. The number of piperidine rings is 2. The zero-order valence-electron chi connectivity index (χ0n) is 19.6. The highest BCUT2D eigenvalue weighted by molar-refractivity contribution is 7.14. The Morgan fingerprint density at radius 2 is 1.97 bits per heavy atom. The van der Waals surface area contributed by atoms with Gasteiger partial charge in [-0.1, -0.05) is 11.3 Å². The number of likely N-dealkylation sites (N-methyl/N-ethyl adjacent to an activating group) is 1. The van der Waals surface area contributed by atoms with E-state index in [4.69, 9.17) is 4.74 Å². The number of hydrogen-bond acceptors (Lipinski definition) is 8. The number of likely N-dealkylation sites (tertiary alicyclic amines) is 1. The number of carbonyl (C=O) groups is 2. The predicted octanol–water partition coefficient (Wildman–Crippen LogP) is 3.40. The number of rotatable bonds is 5. The Morgan fingerprint density at radius 1 is 1.20 bits per heavy atom. The normalized spacial score (nSPS) is 21.4. The first-order valence-corrected chi connectivity index (χ1v) is 12.3. The van der Waals surface area contributed by atoms with Crippen LogP contribution in [0.2, 0.25) is 0 Å². The molecule has 10 nitrogen and oxygen atoms in total. The van der Waals surface area contributed by atoms with Crippen molar-refractivity contribution in [2.45, 2.75) is 37.6 Å². The van der Waals surface area contributed by atoms with Gasteiger partial charge in [0.05, 0.1) is 12.2 Å². The second kappa shape index (κ2) is 11.1. The lowest BCUT2D eigenvalue weighted by atomic mass is 10.0. The quantitative estimate of drug-likeness (QED) is 0.637. The predicted molar refractivity (Wildman–Crippen MR) is 129 cm³/mol. The molecular formula is C22H29F2N7O3S. The second-order valence-corrected chi connectivity index (χ2v) is 9.75. The number of nitrogens with zero attached hydrogens (tertiary/aromatic N) is 5. The maximum Gasteiger partial charge on any atom is 0.411 e. The van der Waals surface area contributed by atoms with Crippen LogP contribution in [0.25, 0.3) is 0 Å². The van der Waals surface area contributed by atoms with Crippen molar-refractivity contribution in [3.8, 4) is 0 Å². The molecule has 0 aliphatic carbocycles. The van der Waals surface area contributed by atoms with Crippen LogP contribution in [-0.2, 0) is 4.74 Å². The largest absolute Gasteiger partial charge is 0.446 e. The maximum absolute atomic E-state index is 14.8. The zero-order chi connectivity index (χ0) is 24.9. The van der Waals surface area contributed by atoms with Crippen molar-refractivity contribution in [3.63, 3.8) is 0 Å². The molecule has 0 radical (unpaired) electrons. The third-order valence-corrected chi connectivity index (χ3v) is 6.97. The third-order valence-electron chi connectivity index (χ3n) is 6.26. The van der Waals surface area contributed by atoms with Gasteiger partial charge >= 0.3 is 12.1 Å². The number of halogens is 2. The topological polar surface area (TPSA) is 103 Å². The van der Waals surface area contributed by atoms with Crippen molar-refractivity contribution < 1.29 is 23.1 Å². The molecule has 4 heterocycles. The Bertz CT molecular complexity index is 1030. The van der Waals surface area contributed by atoms with Crippen molar-refractivity contribution in [3.05, 3.63) is 29.7 Å². The number of pyridine rings is 1. The molecule has 13 heteroatoms. The van der Waals surface area contributed by atoms with Crippen molar-refractivity contribution in [1.29, 1.82) is 0 Å². The lowest BCUT2D eigenvalue weighted by molar-refractivity contribution is 0.0662. The van der Waals surface area contributed by atoms with Crippen molar-refractivity contribution in [2.24, 2.45) is 0 Å². The highest BCUT2D eigenvalue weighted by Crippen LogP contribution is 2.26. The summed E-state index contributed by atoms with van der Waals surface area (Å²) >= 11 is 0.698. The first-order valence-electron chi connectivity index (χ1n) is 11.4. The molecule has 35 heavy (non-hydrogen) atoms. The van der Waals surface area contributed by atoms with Crippen LogP contribution in [0.5, 0.6) is 0 Å². The third kappa shape index (κ3) is 6.54. The van der Waals surface area contributed by atoms with Gasteiger partial charge in [0.1, 0.15) is 18.1 Å². The summed E-state index contributed by atoms with van der Waals surface area (Å²) in [5, 5.41) is 4.82. The fourth-order valence-corrected chi connectivity index (χ4v) is 4.72. The molecule has 190 valence electrons. The van der Waals surface area contributed by atoms with Crippen LogP contribution in [0.4, 0.5) is 35.0 Å². The molecule has 2 aromatic rings. The molecular weight excluding hydrogens is 480 g/mol. The highest BCUT2D eigenvalue weighted by Gasteiger charge is 2.35. The van der Waals surface area contributed by atoms with Crippen molar-refractivity contribution in [2.75, 3.05) is 55.8 Å². The SMILES string of the molecule is CN1CCC(OC(=O)Nc2ccnc(N3CC[C@@H](F)[C@@H](N(C)C(=O)Nc4ncc(F)s4)C3)c2)CC1. The number of ether oxygens (including phenoxy) is 1. The van der Waals surface area contributed by atoms with E-state index in [1.165, 1.54) is 11.9 Å². The van der Waals surface area contributed by atoms with Gasteiger partial charge in [0.15, 0.2) is 10.3 Å². The van der Waals surface area contributed by atoms with E-state index >= 15 is 0 Å². The average molecular weight is 510 g/mol. The second-order valence-electron chi connectivity index (χ2n) is 8.76. The van der Waals surface area contributed by atoms with Crippen LogP contribution in [0.3, 0.4) is 0 Å². The number of alkyl halides is 1. The minimum absolute atomic E-state index is 0.106. The van der Waals surface area contributed by atoms with E-state index in [1.54, 1.807) is 18.3 Å². The van der Waals surface area contributed by atoms with Crippen molar-refractivity contribution in [1.82, 2.24) is 19.8 Å². The maximum atomic E-state index is 14.8. The first kappa shape index (κ1) is 25.0. The molecule has 0 bridgehead atoms. The van der Waals surface area contributed by atoms with Crippen molar-refractivity contribution >= 4 is 40.1 Å². The number of aromatic nitrogens is 2. The van der Waals surface area contributed by atoms with Gasteiger partial charge in [-0.2, -0.15) is 4.39 Å². The fraction of sp³-hybridized carbons (Fsp3) is 0.545. The lowest BCUT2D eigenvalue weighted by Gasteiger charge is -2.40. The fourth-order valence-electron chi connectivity index (χ4n) is 4.19. The summed E-state index contributed by atoms with van der Waals surface area (Å²) in [7, 11) is 3.53. The molecule has 0 unspecified atom stereocenters. The summed E-state index contributed by atoms with van der Waals surface area (Å²) in [5.74, 6) is 0.551. The molecule has 0 saturated carbocycles. The molecule has 2 N–H and O–H groups in total. The van der Waals surface area contributed by atoms with Gasteiger partial charge < -0.3 is 19.4 Å². The van der Waals surface area contributed by atoms with Gasteiger partial charge in [-0.05, 0) is 32.4 Å². The Balaban J connectivity index is 1.35. The number of urea groups is 1. The van der Waals surface area contributed by atoms with Crippen LogP contribution < -0.4 is 15.5 Å². The first-order chi connectivity index (χ1) is 16.8. The number of amides is 3. The summed E-state index contributed by atoms with van der Waals surface area (Å²) in [4.78, 5) is 38.4. The van der Waals surface area contributed by atoms with E-state index in [-0.39, 0.29) is 24.2 Å². The standard InChI is InChI=1S/C22H29F2N7O3S/c1-29-8-4-15(5-9-29)34-22(33)27-14-3-7-25-19(11-14)31-10-6-16(23)17(13-31)30(2)21(32)28-20-26-12-18(24)35-20/h3,7,11-12,15-17H,4-6,8-10,13H2,1-2H3,(H,25,27,33)(H,26,28,32)/t16-,17+/m1/s1. The minimum atomic E-state index is -1.24. The average Bonchev–Trinajstić information content (AvgIpc) is 3.25. The van der Waals surface area contributed by atoms with Gasteiger partial charge in [-0.3, -0.25) is 10.6 Å². The molecule has 3 amide bonds. The molecule has 2 aromatic heterocycles. The summed E-state index contributed by atoms with van der Waals surface area (Å²) in [6.07, 6.45) is 2.49. The van der Waals surface area contributed by atoms with E-state index < -0.39 is 29.5 Å². The van der Waals surface area contributed by atoms with Crippen LogP contribution in [0, 0.1) is 5.13 Å². The zero-order valence-corrected chi connectivity index (χ0v) is 20.4. The summed E-state index contributed by atoms with van der Waals surface area (Å²) in [6.45, 7) is 2.38. The molecule has 0 spiro atoms. The smallest absolute Gasteiger partial charge is 0.411 e. The van der Waals surface area contributed by atoms with Gasteiger partial charge in [0.25, 0.3) is 0 Å². The van der Waals surface area contributed by atoms with Crippen LogP contribution >= 0.6 is 11.3 Å². The Hall–Kier alpha value is -3.06. The molecule has 2 fully saturated rings. The van der Waals surface area contributed by atoms with E-state index in [1.807, 2.05) is 11.9 Å². The van der Waals surface area contributed by atoms with Gasteiger partial charge in [0, 0.05) is 51.2 Å². The number of thiazole rings is 1. The molecule has 0 aromatic carbocycles. The van der Waals surface area contributed by atoms with Crippen LogP contribution in [-0.4, -0.2) is 90.5 Å². The van der Waals surface area contributed by atoms with Gasteiger partial charge in [-0.25, -0.2) is 23.9 Å². The van der Waals surface area contributed by atoms with Gasteiger partial charge in [0.2, 0.25) is 0 Å². The van der Waals surface area contributed by atoms with Gasteiger partial charge in [-0.15, -0.1) is 0 Å². The summed E-state index contributed by atoms with van der Waals surface area (Å²) in [5.41, 5.74) is 0.517. The molecule has 2 saturated heterocycles. The number of anilines is 3.